The largest absolute Gasteiger partial charge is 0.496 e. The van der Waals surface area contributed by atoms with Crippen LogP contribution in [0.2, 0.25) is 0 Å². The fourth-order valence-electron chi connectivity index (χ4n) is 4.43. The number of esters is 2. The maximum atomic E-state index is 13.7. The lowest BCUT2D eigenvalue weighted by Crippen LogP contribution is -2.48. The zero-order valence-electron chi connectivity index (χ0n) is 24.3. The van der Waals surface area contributed by atoms with Gasteiger partial charge in [-0.1, -0.05) is 18.2 Å². The van der Waals surface area contributed by atoms with Crippen LogP contribution in [0.15, 0.2) is 36.4 Å². The normalized spacial score (nSPS) is 13.0. The molecule has 38 heavy (non-hydrogen) atoms. The van der Waals surface area contributed by atoms with Gasteiger partial charge in [-0.05, 0) is 95.4 Å². The Bertz CT molecular complexity index is 1090. The lowest BCUT2D eigenvalue weighted by atomic mass is 9.75. The molecule has 8 nitrogen and oxygen atoms in total. The molecule has 0 radical (unpaired) electrons. The summed E-state index contributed by atoms with van der Waals surface area (Å²) in [6, 6.07) is 11.2. The summed E-state index contributed by atoms with van der Waals surface area (Å²) >= 11 is 0. The van der Waals surface area contributed by atoms with Crippen LogP contribution in [-0.2, 0) is 30.9 Å². The molecule has 0 heterocycles. The third-order valence-electron chi connectivity index (χ3n) is 6.49. The number of hydrogen-bond donors (Lipinski definition) is 0. The van der Waals surface area contributed by atoms with Crippen LogP contribution in [0, 0.1) is 6.92 Å². The topological polar surface area (TPSA) is 83.5 Å². The number of nitrogens with zero attached hydrogens (tertiary/aromatic N) is 1. The van der Waals surface area contributed by atoms with Crippen molar-refractivity contribution in [1.82, 2.24) is 4.90 Å². The summed E-state index contributed by atoms with van der Waals surface area (Å²) in [4.78, 5) is 29.2. The summed E-state index contributed by atoms with van der Waals surface area (Å²) in [5.41, 5.74) is 0.108. The van der Waals surface area contributed by atoms with E-state index in [0.717, 1.165) is 24.1 Å². The summed E-state index contributed by atoms with van der Waals surface area (Å²) in [5, 5.41) is 0. The zero-order chi connectivity index (χ0) is 28.5. The van der Waals surface area contributed by atoms with Gasteiger partial charge < -0.3 is 28.6 Å². The van der Waals surface area contributed by atoms with Gasteiger partial charge in [-0.15, -0.1) is 0 Å². The Morgan fingerprint density at radius 1 is 0.816 bits per heavy atom. The van der Waals surface area contributed by atoms with Crippen LogP contribution in [-0.4, -0.2) is 71.0 Å². The van der Waals surface area contributed by atoms with Crippen LogP contribution in [0.25, 0.3) is 0 Å². The molecule has 210 valence electrons. The highest BCUT2D eigenvalue weighted by molar-refractivity contribution is 6.06. The van der Waals surface area contributed by atoms with Gasteiger partial charge in [0.2, 0.25) is 0 Å². The minimum Gasteiger partial charge on any atom is -0.496 e. The molecule has 0 amide bonds. The van der Waals surface area contributed by atoms with Crippen molar-refractivity contribution in [2.45, 2.75) is 58.0 Å². The second-order valence-electron chi connectivity index (χ2n) is 10.4. The smallest absolute Gasteiger partial charge is 0.328 e. The number of methoxy groups -OCH3 is 4. The number of likely N-dealkylation sites (N-methyl/N-ethyl adjacent to an activating group) is 1. The molecule has 2 rings (SSSR count). The van der Waals surface area contributed by atoms with Crippen LogP contribution in [0.1, 0.15) is 50.3 Å². The first kappa shape index (κ1) is 31.0. The van der Waals surface area contributed by atoms with Crippen molar-refractivity contribution in [2.24, 2.45) is 0 Å². The summed E-state index contributed by atoms with van der Waals surface area (Å²) in [7, 11) is 8.14. The van der Waals surface area contributed by atoms with Crippen molar-refractivity contribution in [3.8, 4) is 17.2 Å². The SMILES string of the molecule is COC(=O)C(CCCN(C)CCc1ccc(OC)c(OC)c1)(C(=O)OC(C)(C)C)c1ccc(OC)c(C)c1. The number of hydrogen-bond acceptors (Lipinski definition) is 8. The van der Waals surface area contributed by atoms with E-state index in [0.29, 0.717) is 35.8 Å². The molecule has 0 aliphatic rings. The Kier molecular flexibility index (Phi) is 11.0. The molecule has 0 aromatic heterocycles. The average Bonchev–Trinajstić information content (AvgIpc) is 2.88. The van der Waals surface area contributed by atoms with Crippen LogP contribution >= 0.6 is 0 Å². The Morgan fingerprint density at radius 3 is 2.00 bits per heavy atom. The van der Waals surface area contributed by atoms with Crippen molar-refractivity contribution >= 4 is 11.9 Å². The van der Waals surface area contributed by atoms with E-state index in [1.807, 2.05) is 32.2 Å². The highest BCUT2D eigenvalue weighted by Crippen LogP contribution is 2.36. The Morgan fingerprint density at radius 2 is 1.45 bits per heavy atom. The molecule has 2 aromatic carbocycles. The van der Waals surface area contributed by atoms with E-state index >= 15 is 0 Å². The van der Waals surface area contributed by atoms with Gasteiger partial charge in [0.05, 0.1) is 28.4 Å². The molecule has 0 fully saturated rings. The maximum Gasteiger partial charge on any atom is 0.328 e. The van der Waals surface area contributed by atoms with Gasteiger partial charge in [-0.2, -0.15) is 0 Å². The van der Waals surface area contributed by atoms with Crippen molar-refractivity contribution in [1.29, 1.82) is 0 Å². The van der Waals surface area contributed by atoms with Gasteiger partial charge in [0.1, 0.15) is 11.4 Å². The van der Waals surface area contributed by atoms with Gasteiger partial charge in [0, 0.05) is 6.54 Å². The van der Waals surface area contributed by atoms with Crippen molar-refractivity contribution in [2.75, 3.05) is 48.6 Å². The van der Waals surface area contributed by atoms with E-state index in [-0.39, 0.29) is 6.42 Å². The average molecular weight is 530 g/mol. The standard InChI is InChI=1S/C30H43NO7/c1-21-19-23(12-14-24(21)34-6)30(27(32)37-9,28(33)38-29(2,3)4)16-10-17-31(5)18-15-22-11-13-25(35-7)26(20-22)36-8/h11-14,19-20H,10,15-18H2,1-9H3. The monoisotopic (exact) mass is 529 g/mol. The fourth-order valence-corrected chi connectivity index (χ4v) is 4.43. The molecule has 0 N–H and O–H groups in total. The van der Waals surface area contributed by atoms with E-state index < -0.39 is 23.0 Å². The van der Waals surface area contributed by atoms with E-state index in [1.54, 1.807) is 60.3 Å². The summed E-state index contributed by atoms with van der Waals surface area (Å²) in [6.07, 6.45) is 1.62. The quantitative estimate of drug-likeness (QED) is 0.272. The van der Waals surface area contributed by atoms with Crippen molar-refractivity contribution in [3.63, 3.8) is 0 Å². The molecule has 1 atom stereocenters. The first-order valence-electron chi connectivity index (χ1n) is 12.8. The second kappa shape index (κ2) is 13.5. The minimum atomic E-state index is -1.59. The van der Waals surface area contributed by atoms with E-state index in [4.69, 9.17) is 23.7 Å². The first-order chi connectivity index (χ1) is 17.9. The molecule has 0 aliphatic carbocycles. The predicted octanol–water partition coefficient (Wildman–Crippen LogP) is 4.73. The molecular formula is C30H43NO7. The van der Waals surface area contributed by atoms with Gasteiger partial charge in [-0.3, -0.25) is 9.59 Å². The van der Waals surface area contributed by atoms with Crippen molar-refractivity contribution in [3.05, 3.63) is 53.1 Å². The van der Waals surface area contributed by atoms with Gasteiger partial charge in [0.25, 0.3) is 0 Å². The second-order valence-corrected chi connectivity index (χ2v) is 10.4. The van der Waals surface area contributed by atoms with Crippen LogP contribution in [0.4, 0.5) is 0 Å². The molecule has 0 aliphatic heterocycles. The molecule has 0 saturated heterocycles. The van der Waals surface area contributed by atoms with Crippen LogP contribution < -0.4 is 14.2 Å². The molecule has 1 unspecified atom stereocenters. The predicted molar refractivity (Wildman–Crippen MR) is 147 cm³/mol. The van der Waals surface area contributed by atoms with Crippen molar-refractivity contribution < 1.29 is 33.3 Å². The molecule has 8 heteroatoms. The first-order valence-corrected chi connectivity index (χ1v) is 12.8. The maximum absolute atomic E-state index is 13.7. The molecule has 0 bridgehead atoms. The Labute approximate surface area is 227 Å². The summed E-state index contributed by atoms with van der Waals surface area (Å²) in [6.45, 7) is 8.69. The Balaban J connectivity index is 2.24. The van der Waals surface area contributed by atoms with Gasteiger partial charge in [-0.25, -0.2) is 0 Å². The lowest BCUT2D eigenvalue weighted by Gasteiger charge is -2.33. The zero-order valence-corrected chi connectivity index (χ0v) is 24.3. The molecular weight excluding hydrogens is 486 g/mol. The highest BCUT2D eigenvalue weighted by atomic mass is 16.6. The van der Waals surface area contributed by atoms with E-state index in [1.165, 1.54) is 7.11 Å². The molecule has 2 aromatic rings. The summed E-state index contributed by atoms with van der Waals surface area (Å²) in [5.74, 6) is 0.813. The highest BCUT2D eigenvalue weighted by Gasteiger charge is 2.51. The summed E-state index contributed by atoms with van der Waals surface area (Å²) < 4.78 is 27.1. The third-order valence-corrected chi connectivity index (χ3v) is 6.49. The number of ether oxygens (including phenoxy) is 5. The number of carbonyl (C=O) groups is 2. The molecule has 0 spiro atoms. The number of benzene rings is 2. The lowest BCUT2D eigenvalue weighted by molar-refractivity contribution is -0.172. The molecule has 0 saturated carbocycles. The number of rotatable bonds is 13. The third kappa shape index (κ3) is 7.63. The van der Waals surface area contributed by atoms with Crippen LogP contribution in [0.3, 0.4) is 0 Å². The van der Waals surface area contributed by atoms with Gasteiger partial charge >= 0.3 is 11.9 Å². The van der Waals surface area contributed by atoms with E-state index in [2.05, 4.69) is 4.90 Å². The Hall–Kier alpha value is -3.26. The number of carbonyl (C=O) groups excluding carboxylic acids is 2. The van der Waals surface area contributed by atoms with E-state index in [9.17, 15) is 9.59 Å². The number of aryl methyl sites for hydroxylation is 1. The minimum absolute atomic E-state index is 0.237. The van der Waals surface area contributed by atoms with Crippen LogP contribution in [0.5, 0.6) is 17.2 Å². The van der Waals surface area contributed by atoms with Gasteiger partial charge in [0.15, 0.2) is 16.9 Å². The fraction of sp³-hybridized carbons (Fsp3) is 0.533.